The SMILES string of the molecule is CCCCCC(CC(=O)O)CC(C)CCCn1c(-c2ccccc2)nc(-c2ccncn2)c1-c1ccc(F)cc1. The molecule has 4 rings (SSSR count). The minimum absolute atomic E-state index is 0.214. The molecular formula is C33H39FN4O2. The van der Waals surface area contributed by atoms with Crippen molar-refractivity contribution < 1.29 is 14.3 Å². The van der Waals surface area contributed by atoms with Gasteiger partial charge in [0.1, 0.15) is 23.7 Å². The van der Waals surface area contributed by atoms with E-state index in [0.717, 1.165) is 79.8 Å². The largest absolute Gasteiger partial charge is 0.481 e. The second-order valence-corrected chi connectivity index (χ2v) is 10.7. The van der Waals surface area contributed by atoms with Gasteiger partial charge >= 0.3 is 5.97 Å². The Kier molecular flexibility index (Phi) is 10.6. The zero-order valence-electron chi connectivity index (χ0n) is 23.5. The zero-order chi connectivity index (χ0) is 28.3. The average molecular weight is 543 g/mol. The summed E-state index contributed by atoms with van der Waals surface area (Å²) in [7, 11) is 0. The van der Waals surface area contributed by atoms with Crippen LogP contribution in [-0.2, 0) is 11.3 Å². The fourth-order valence-electron chi connectivity index (χ4n) is 5.51. The van der Waals surface area contributed by atoms with E-state index in [4.69, 9.17) is 4.98 Å². The zero-order valence-corrected chi connectivity index (χ0v) is 23.5. The molecule has 6 nitrogen and oxygen atoms in total. The quantitative estimate of drug-likeness (QED) is 0.153. The number of carbonyl (C=O) groups is 1. The van der Waals surface area contributed by atoms with Crippen molar-refractivity contribution in [1.29, 1.82) is 0 Å². The molecule has 1 N–H and O–H groups in total. The molecule has 0 saturated heterocycles. The molecule has 0 amide bonds. The summed E-state index contributed by atoms with van der Waals surface area (Å²) >= 11 is 0. The first-order valence-electron chi connectivity index (χ1n) is 14.4. The van der Waals surface area contributed by atoms with Crippen LogP contribution in [-0.4, -0.2) is 30.6 Å². The molecule has 0 saturated carbocycles. The van der Waals surface area contributed by atoms with Crippen molar-refractivity contribution >= 4 is 5.97 Å². The van der Waals surface area contributed by atoms with Crippen LogP contribution in [0.25, 0.3) is 34.0 Å². The van der Waals surface area contributed by atoms with Crippen molar-refractivity contribution in [3.8, 4) is 34.0 Å². The van der Waals surface area contributed by atoms with Gasteiger partial charge in [-0.15, -0.1) is 0 Å². The number of hydrogen-bond donors (Lipinski definition) is 1. The van der Waals surface area contributed by atoms with Crippen molar-refractivity contribution in [3.05, 3.63) is 79.0 Å². The number of halogens is 1. The lowest BCUT2D eigenvalue weighted by atomic mass is 9.87. The molecule has 0 aliphatic rings. The molecule has 0 fully saturated rings. The monoisotopic (exact) mass is 542 g/mol. The van der Waals surface area contributed by atoms with Crippen LogP contribution in [0.4, 0.5) is 4.39 Å². The molecule has 2 atom stereocenters. The van der Waals surface area contributed by atoms with Gasteiger partial charge in [-0.05, 0) is 67.9 Å². The Bertz CT molecular complexity index is 1340. The van der Waals surface area contributed by atoms with Crippen LogP contribution in [0.3, 0.4) is 0 Å². The average Bonchev–Trinajstić information content (AvgIpc) is 3.33. The van der Waals surface area contributed by atoms with Crippen LogP contribution >= 0.6 is 0 Å². The molecule has 2 aromatic carbocycles. The standard InChI is InChI=1S/C33H39FN4O2/c1-3-4-6-11-25(22-30(39)40)21-24(2)10-9-20-38-32(26-14-16-28(34)17-15-26)31(29-18-19-35-23-36-29)37-33(38)27-12-7-5-8-13-27/h5,7-8,12-19,23-25H,3-4,6,9-11,20-22H2,1-2H3,(H,39,40). The molecule has 7 heteroatoms. The Balaban J connectivity index is 1.62. The maximum Gasteiger partial charge on any atom is 0.303 e. The van der Waals surface area contributed by atoms with E-state index in [1.165, 1.54) is 18.5 Å². The van der Waals surface area contributed by atoms with E-state index in [1.807, 2.05) is 36.4 Å². The summed E-state index contributed by atoms with van der Waals surface area (Å²) in [4.78, 5) is 25.1. The summed E-state index contributed by atoms with van der Waals surface area (Å²) in [6.07, 6.45) is 10.6. The van der Waals surface area contributed by atoms with Crippen LogP contribution in [0.5, 0.6) is 0 Å². The van der Waals surface area contributed by atoms with E-state index in [-0.39, 0.29) is 18.2 Å². The predicted molar refractivity (Wildman–Crippen MR) is 157 cm³/mol. The molecule has 0 spiro atoms. The highest BCUT2D eigenvalue weighted by atomic mass is 19.1. The van der Waals surface area contributed by atoms with Gasteiger partial charge in [0.2, 0.25) is 0 Å². The lowest BCUT2D eigenvalue weighted by Crippen LogP contribution is -2.13. The van der Waals surface area contributed by atoms with Gasteiger partial charge in [-0.3, -0.25) is 4.79 Å². The van der Waals surface area contributed by atoms with Crippen molar-refractivity contribution in [2.75, 3.05) is 0 Å². The molecule has 2 heterocycles. The molecule has 0 aliphatic heterocycles. The number of nitrogens with zero attached hydrogens (tertiary/aromatic N) is 4. The van der Waals surface area contributed by atoms with Crippen LogP contribution < -0.4 is 0 Å². The van der Waals surface area contributed by atoms with Crippen LogP contribution in [0.15, 0.2) is 73.2 Å². The van der Waals surface area contributed by atoms with Gasteiger partial charge in [-0.1, -0.05) is 63.4 Å². The van der Waals surface area contributed by atoms with Gasteiger partial charge in [0.25, 0.3) is 0 Å². The molecule has 2 unspecified atom stereocenters. The smallest absolute Gasteiger partial charge is 0.303 e. The Morgan fingerprint density at radius 1 is 0.975 bits per heavy atom. The minimum atomic E-state index is -0.708. The lowest BCUT2D eigenvalue weighted by Gasteiger charge is -2.20. The van der Waals surface area contributed by atoms with Gasteiger partial charge in [-0.25, -0.2) is 19.3 Å². The third-order valence-corrected chi connectivity index (χ3v) is 7.44. The molecule has 4 aromatic rings. The maximum atomic E-state index is 13.9. The van der Waals surface area contributed by atoms with Gasteiger partial charge in [-0.2, -0.15) is 0 Å². The first-order valence-corrected chi connectivity index (χ1v) is 14.4. The number of hydrogen-bond acceptors (Lipinski definition) is 4. The highest BCUT2D eigenvalue weighted by molar-refractivity contribution is 5.80. The molecule has 0 bridgehead atoms. The summed E-state index contributed by atoms with van der Waals surface area (Å²) in [5, 5.41) is 9.43. The molecule has 210 valence electrons. The molecule has 2 aromatic heterocycles. The summed E-state index contributed by atoms with van der Waals surface area (Å²) in [6, 6.07) is 18.5. The molecule has 0 aliphatic carbocycles. The third-order valence-electron chi connectivity index (χ3n) is 7.44. The summed E-state index contributed by atoms with van der Waals surface area (Å²) in [5.41, 5.74) is 4.21. The second kappa shape index (κ2) is 14.5. The van der Waals surface area contributed by atoms with Crippen molar-refractivity contribution in [2.24, 2.45) is 11.8 Å². The van der Waals surface area contributed by atoms with Crippen LogP contribution in [0.1, 0.15) is 65.2 Å². The van der Waals surface area contributed by atoms with Gasteiger partial charge in [0.05, 0.1) is 11.4 Å². The molecule has 40 heavy (non-hydrogen) atoms. The van der Waals surface area contributed by atoms with E-state index < -0.39 is 5.97 Å². The van der Waals surface area contributed by atoms with E-state index >= 15 is 0 Å². The molecule has 0 radical (unpaired) electrons. The Labute approximate surface area is 236 Å². The number of unbranched alkanes of at least 4 members (excludes halogenated alkanes) is 2. The van der Waals surface area contributed by atoms with E-state index in [1.54, 1.807) is 18.3 Å². The highest BCUT2D eigenvalue weighted by Gasteiger charge is 2.22. The lowest BCUT2D eigenvalue weighted by molar-refractivity contribution is -0.138. The number of rotatable bonds is 15. The maximum absolute atomic E-state index is 13.9. The number of aromatic nitrogens is 4. The molecular weight excluding hydrogens is 503 g/mol. The summed E-state index contributed by atoms with van der Waals surface area (Å²) < 4.78 is 16.1. The number of carboxylic acid groups (broad SMARTS) is 1. The van der Waals surface area contributed by atoms with Crippen molar-refractivity contribution in [1.82, 2.24) is 19.5 Å². The minimum Gasteiger partial charge on any atom is -0.481 e. The predicted octanol–water partition coefficient (Wildman–Crippen LogP) is 8.29. The Morgan fingerprint density at radius 3 is 2.42 bits per heavy atom. The number of carboxylic acids is 1. The van der Waals surface area contributed by atoms with Crippen LogP contribution in [0.2, 0.25) is 0 Å². The van der Waals surface area contributed by atoms with E-state index in [2.05, 4.69) is 28.4 Å². The van der Waals surface area contributed by atoms with Crippen molar-refractivity contribution in [3.63, 3.8) is 0 Å². The van der Waals surface area contributed by atoms with Gasteiger partial charge in [0, 0.05) is 30.3 Å². The van der Waals surface area contributed by atoms with E-state index in [0.29, 0.717) is 11.6 Å². The number of imidazole rings is 1. The Hall–Kier alpha value is -3.87. The Morgan fingerprint density at radius 2 is 1.75 bits per heavy atom. The second-order valence-electron chi connectivity index (χ2n) is 10.7. The highest BCUT2D eigenvalue weighted by Crippen LogP contribution is 2.36. The number of benzene rings is 2. The first kappa shape index (κ1) is 29.1. The summed E-state index contributed by atoms with van der Waals surface area (Å²) in [6.45, 7) is 5.12. The van der Waals surface area contributed by atoms with Crippen LogP contribution in [0, 0.1) is 17.7 Å². The van der Waals surface area contributed by atoms with Gasteiger partial charge < -0.3 is 9.67 Å². The third kappa shape index (κ3) is 7.84. The normalized spacial score (nSPS) is 12.8. The topological polar surface area (TPSA) is 80.9 Å². The summed E-state index contributed by atoms with van der Waals surface area (Å²) in [5.74, 6) is 0.465. The number of aliphatic carboxylic acids is 1. The van der Waals surface area contributed by atoms with Crippen molar-refractivity contribution in [2.45, 2.75) is 71.8 Å². The first-order chi connectivity index (χ1) is 19.5. The van der Waals surface area contributed by atoms with Gasteiger partial charge in [0.15, 0.2) is 0 Å². The fourth-order valence-corrected chi connectivity index (χ4v) is 5.51. The fraction of sp³-hybridized carbons (Fsp3) is 0.394. The van der Waals surface area contributed by atoms with E-state index in [9.17, 15) is 14.3 Å².